The highest BCUT2D eigenvalue weighted by molar-refractivity contribution is 8.77. The van der Waals surface area contributed by atoms with E-state index in [1.54, 1.807) is 37.3 Å². The molecule has 0 radical (unpaired) electrons. The van der Waals surface area contributed by atoms with Crippen LogP contribution in [0.25, 0.3) is 0 Å². The van der Waals surface area contributed by atoms with E-state index < -0.39 is 317 Å². The number of aliphatic hydroxyl groups is 1. The number of carbonyl (C=O) groups excluding carboxylic acids is 18. The van der Waals surface area contributed by atoms with Crippen LogP contribution in [0, 0.1) is 38.9 Å². The first-order valence-electron chi connectivity index (χ1n) is 44.8. The van der Waals surface area contributed by atoms with Gasteiger partial charge in [-0.05, 0) is 88.5 Å². The molecular formula is C80H131N33O21S6. The van der Waals surface area contributed by atoms with Crippen LogP contribution in [0.1, 0.15) is 117 Å². The Labute approximate surface area is 830 Å². The Hall–Kier alpha value is -12.4. The predicted octanol–water partition coefficient (Wildman–Crippen LogP) is -10.7. The lowest BCUT2D eigenvalue weighted by atomic mass is 9.97. The van der Waals surface area contributed by atoms with Crippen molar-refractivity contribution in [3.8, 4) is 0 Å². The maximum absolute atomic E-state index is 15.6. The van der Waals surface area contributed by atoms with Gasteiger partial charge in [0.2, 0.25) is 106 Å². The Balaban J connectivity index is 1.86. The first kappa shape index (κ1) is 118. The van der Waals surface area contributed by atoms with E-state index in [1.807, 2.05) is 0 Å². The fourth-order valence-electron chi connectivity index (χ4n) is 13.7. The van der Waals surface area contributed by atoms with Crippen LogP contribution < -0.4 is 151 Å². The smallest absolute Gasteiger partial charge is 0.305 e. The fraction of sp³-hybridized carbons (Fsp3) is 0.625. The van der Waals surface area contributed by atoms with Gasteiger partial charge in [0.05, 0.1) is 25.6 Å². The number of amides is 18. The van der Waals surface area contributed by atoms with Crippen LogP contribution in [0.2, 0.25) is 0 Å². The number of nitrogens with one attached hydrogen (secondary N) is 28. The Kier molecular flexibility index (Phi) is 52.2. The molecule has 4 fully saturated rings. The van der Waals surface area contributed by atoms with Crippen molar-refractivity contribution in [2.24, 2.45) is 40.5 Å². The lowest BCUT2D eigenvalue weighted by Crippen LogP contribution is -2.63. The Bertz CT molecular complexity index is 4540. The van der Waals surface area contributed by atoms with Gasteiger partial charge in [-0.2, -0.15) is 0 Å². The molecule has 0 unspecified atom stereocenters. The molecule has 4 aliphatic rings. The number of fused-ring (bicyclic) bond motifs is 15. The molecule has 4 saturated heterocycles. The summed E-state index contributed by atoms with van der Waals surface area (Å²) < 4.78 is 0. The molecule has 18 atom stereocenters. The third-order valence-corrected chi connectivity index (χ3v) is 28.7. The van der Waals surface area contributed by atoms with Gasteiger partial charge in [0, 0.05) is 73.7 Å². The molecule has 4 aliphatic heterocycles. The lowest BCUT2D eigenvalue weighted by molar-refractivity contribution is -0.141. The van der Waals surface area contributed by atoms with Crippen LogP contribution in [0.3, 0.4) is 0 Å². The maximum Gasteiger partial charge on any atom is 0.305 e. The van der Waals surface area contributed by atoms with E-state index in [1.165, 1.54) is 20.8 Å². The van der Waals surface area contributed by atoms with Crippen LogP contribution in [-0.2, 0) is 97.5 Å². The van der Waals surface area contributed by atoms with Crippen LogP contribution in [0.4, 0.5) is 0 Å². The minimum absolute atomic E-state index is 0.0128. The van der Waals surface area contributed by atoms with E-state index in [0.29, 0.717) is 37.9 Å². The number of carbonyl (C=O) groups is 19. The van der Waals surface area contributed by atoms with Gasteiger partial charge in [0.25, 0.3) is 0 Å². The molecular weight excluding hydrogens is 1950 g/mol. The molecule has 1 aromatic carbocycles. The summed E-state index contributed by atoms with van der Waals surface area (Å²) in [5, 5.41) is 119. The number of carboxylic acids is 1. The summed E-state index contributed by atoms with van der Waals surface area (Å²) in [5.74, 6) is -30.0. The predicted molar refractivity (Wildman–Crippen MR) is 526 cm³/mol. The second-order valence-corrected chi connectivity index (χ2v) is 40.7. The number of aliphatic hydroxyl groups excluding tert-OH is 1. The van der Waals surface area contributed by atoms with Gasteiger partial charge in [-0.1, -0.05) is 129 Å². The zero-order valence-electron chi connectivity index (χ0n) is 77.7. The molecule has 5 rings (SSSR count). The number of hydrogen-bond donors (Lipinski definition) is 35. The van der Waals surface area contributed by atoms with Gasteiger partial charge in [0.1, 0.15) is 96.7 Å². The Morgan fingerprint density at radius 2 is 0.607 bits per heavy atom. The second kappa shape index (κ2) is 61.9. The minimum atomic E-state index is -2.25. The highest BCUT2D eigenvalue weighted by atomic mass is 33.1. The molecule has 4 heterocycles. The number of hydrogen-bond acceptors (Lipinski definition) is 31. The summed E-state index contributed by atoms with van der Waals surface area (Å²) >= 11 is 0. The quantitative estimate of drug-likeness (QED) is 0.0160. The molecule has 60 heteroatoms. The molecule has 1 aromatic rings. The summed E-state index contributed by atoms with van der Waals surface area (Å²) in [6.07, 6.45) is -5.21. The topological polar surface area (TPSA) is 891 Å². The molecule has 18 amide bonds. The second-order valence-electron chi connectivity index (χ2n) is 33.1. The van der Waals surface area contributed by atoms with Gasteiger partial charge in [0.15, 0.2) is 29.8 Å². The van der Waals surface area contributed by atoms with Crippen molar-refractivity contribution in [1.82, 2.24) is 122 Å². The van der Waals surface area contributed by atoms with Crippen LogP contribution >= 0.6 is 64.8 Å². The molecule has 778 valence electrons. The highest BCUT2D eigenvalue weighted by Gasteiger charge is 2.42. The number of guanidine groups is 5. The fourth-order valence-corrected chi connectivity index (χ4v) is 20.6. The van der Waals surface area contributed by atoms with Crippen molar-refractivity contribution in [3.05, 3.63) is 35.9 Å². The van der Waals surface area contributed by atoms with Crippen molar-refractivity contribution in [2.45, 2.75) is 221 Å². The van der Waals surface area contributed by atoms with Crippen LogP contribution in [0.5, 0.6) is 0 Å². The van der Waals surface area contributed by atoms with Crippen LogP contribution in [-0.4, -0.2) is 335 Å². The monoisotopic (exact) mass is 2080 g/mol. The molecule has 40 N–H and O–H groups in total. The lowest BCUT2D eigenvalue weighted by Gasteiger charge is -2.30. The highest BCUT2D eigenvalue weighted by Crippen LogP contribution is 2.28. The van der Waals surface area contributed by atoms with Crippen molar-refractivity contribution < 1.29 is 101 Å². The standard InChI is InChI=1S/C80H131N33O21S6/c1-6-38(4)58-74(133)110-53-36-140-136-31-48(107-65(124)46(27-40-15-8-7-9-16-40)98-54(115)29-96-61(120)42(18-11-23-92-77(83)84)103-75(134)59(39(5)114)113-72(53)131)67(126)101-44(20-13-25-94-79(87)88)63(122)105-50-33-137-139-35-52(71(130)112-58)106-64(123)45(21-14-26-95-80(89)90)102-69(128)51-34-138-135-32-49(108-66(125)47(28-56(117)118)104-70(50)129)68(127)100-43(19-12-24-93-78(85)86)62(121)99-41(17-10-22-91-76(81)82)60(119)97-30-55(116)111-57(37(2)3)73(132)109-51/h7-9,15-16,37-39,41-53,57-59,114H,6,10-14,17-36H2,1-5H3,(H,96,120)(H,97,119)(H,98,115)(H,99,121)(H,100,127)(H,101,126)(H,102,128)(H,103,134)(H,104,129)(H,105,122)(H,106,123)(H,107,124)(H,108,125)(H,109,132)(H,110,133)(H,111,116)(H,112,130)(H,113,131)(H,117,118)(H4,81,82,91)(H4,83,84,92)(H4,85,86,93)(H4,87,88,94)(H4,89,90,95)/t38-,39+,41-,42-,43-,44-,45-,46-,47-,48-,49-,50-,51-,52-,53-,57-,58-,59-/m0/s1. The zero-order chi connectivity index (χ0) is 104. The van der Waals surface area contributed by atoms with Gasteiger partial charge in [-0.3, -0.25) is 118 Å². The zero-order valence-corrected chi connectivity index (χ0v) is 82.6. The van der Waals surface area contributed by atoms with E-state index in [0.717, 1.165) is 39.3 Å². The van der Waals surface area contributed by atoms with Crippen molar-refractivity contribution in [2.75, 3.05) is 80.3 Å². The average Bonchev–Trinajstić information content (AvgIpc) is 0.840. The largest absolute Gasteiger partial charge is 0.481 e. The maximum atomic E-state index is 15.6. The van der Waals surface area contributed by atoms with Gasteiger partial charge >= 0.3 is 5.97 Å². The van der Waals surface area contributed by atoms with E-state index in [4.69, 9.17) is 55.7 Å². The normalized spacial score (nSPS) is 26.0. The summed E-state index contributed by atoms with van der Waals surface area (Å²) in [7, 11) is 4.33. The minimum Gasteiger partial charge on any atom is -0.481 e. The SMILES string of the molecule is CC[C@H](C)[C@@H]1NC(=O)[C@@H]2CSSC[C@H](NC(=O)[C@H](CCCNC(=N)N)NC(=O)[C@@H]3CSSC[C@H](NC1=O)C(=O)N[C@@H]([C@@H](C)O)C(=O)N[C@@H](CCCNC(=N)N)C(=O)NCC(=O)N[C@@H](Cc1ccccc1)C(=O)N3)C(=O)N[C@@H](CC(=O)O)C(=O)N[C@H]1CSSC[C@H](NC(=O)[C@H](C(C)C)NC(=O)CNC(=O)[C@H](CCCNC(=N)N)NC(=O)[C@H](CCCNC(=N)N)NC1=O)C(=O)N[C@@H](CCCNC(=N)N)C(=O)N2. The number of benzene rings is 1. The first-order valence-corrected chi connectivity index (χ1v) is 52.3. The molecule has 0 aliphatic carbocycles. The summed E-state index contributed by atoms with van der Waals surface area (Å²) in [6, 6.07) is -20.6. The van der Waals surface area contributed by atoms with E-state index in [2.05, 4.69) is 122 Å². The molecule has 54 nitrogen and oxygen atoms in total. The van der Waals surface area contributed by atoms with Crippen molar-refractivity contribution >= 4 is 207 Å². The Morgan fingerprint density at radius 3 is 0.929 bits per heavy atom. The Morgan fingerprint density at radius 1 is 0.343 bits per heavy atom. The molecule has 0 saturated carbocycles. The molecule has 6 bridgehead atoms. The third-order valence-electron chi connectivity index (χ3n) is 21.5. The molecule has 0 aromatic heterocycles. The summed E-state index contributed by atoms with van der Waals surface area (Å²) in [4.78, 5) is 283. The van der Waals surface area contributed by atoms with Crippen molar-refractivity contribution in [3.63, 3.8) is 0 Å². The van der Waals surface area contributed by atoms with E-state index >= 15 is 52.7 Å². The molecule has 140 heavy (non-hydrogen) atoms. The van der Waals surface area contributed by atoms with Gasteiger partial charge < -0.3 is 161 Å². The summed E-state index contributed by atoms with van der Waals surface area (Å²) in [6.45, 7) is 5.09. The number of aliphatic carboxylic acids is 1. The number of nitrogens with two attached hydrogens (primary N) is 5. The summed E-state index contributed by atoms with van der Waals surface area (Å²) in [5.41, 5.74) is 28.4. The first-order chi connectivity index (χ1) is 66.3. The van der Waals surface area contributed by atoms with Crippen LogP contribution in [0.15, 0.2) is 30.3 Å². The third kappa shape index (κ3) is 43.5. The average molecular weight is 2080 g/mol. The van der Waals surface area contributed by atoms with E-state index in [-0.39, 0.29) is 103 Å². The van der Waals surface area contributed by atoms with E-state index in [9.17, 15) is 48.6 Å². The van der Waals surface area contributed by atoms with Crippen molar-refractivity contribution in [1.29, 1.82) is 27.0 Å². The number of rotatable bonds is 28. The molecule has 0 spiro atoms. The number of carboxylic acid groups (broad SMARTS) is 1. The van der Waals surface area contributed by atoms with Gasteiger partial charge in [-0.15, -0.1) is 0 Å². The van der Waals surface area contributed by atoms with Gasteiger partial charge in [-0.25, -0.2) is 0 Å².